The van der Waals surface area contributed by atoms with Crippen molar-refractivity contribution in [1.29, 1.82) is 0 Å². The quantitative estimate of drug-likeness (QED) is 0.758. The molecule has 80 valence electrons. The van der Waals surface area contributed by atoms with E-state index in [1.807, 2.05) is 6.07 Å². The highest BCUT2D eigenvalue weighted by molar-refractivity contribution is 5.97. The Labute approximate surface area is 88.7 Å². The topological polar surface area (TPSA) is 58.2 Å². The lowest BCUT2D eigenvalue weighted by atomic mass is 10.2. The predicted octanol–water partition coefficient (Wildman–Crippen LogP) is 0.551. The molecule has 1 rings (SSSR count). The number of hydrogen-bond donors (Lipinski definition) is 2. The molecule has 1 aromatic carbocycles. The van der Waals surface area contributed by atoms with Crippen LogP contribution in [0.1, 0.15) is 17.3 Å². The number of nitrogens with one attached hydrogen (secondary N) is 2. The number of likely N-dealkylation sites (N-methyl/N-ethyl adjacent to an activating group) is 1. The molecule has 0 saturated heterocycles. The zero-order valence-corrected chi connectivity index (χ0v) is 8.78. The van der Waals surface area contributed by atoms with E-state index in [2.05, 4.69) is 10.6 Å². The normalized spacial score (nSPS) is 11.6. The predicted molar refractivity (Wildman–Crippen MR) is 57.4 cm³/mol. The summed E-state index contributed by atoms with van der Waals surface area (Å²) < 4.78 is 0. The van der Waals surface area contributed by atoms with Crippen LogP contribution in [0.4, 0.5) is 0 Å². The van der Waals surface area contributed by atoms with E-state index in [1.165, 1.54) is 7.05 Å². The molecule has 4 nitrogen and oxygen atoms in total. The number of benzene rings is 1. The van der Waals surface area contributed by atoms with Crippen molar-refractivity contribution in [1.82, 2.24) is 10.6 Å². The molecule has 15 heavy (non-hydrogen) atoms. The maximum atomic E-state index is 11.6. The first-order valence-corrected chi connectivity index (χ1v) is 4.72. The lowest BCUT2D eigenvalue weighted by Crippen LogP contribution is -2.43. The van der Waals surface area contributed by atoms with Crippen LogP contribution in [0.2, 0.25) is 0 Å². The van der Waals surface area contributed by atoms with E-state index in [9.17, 15) is 9.59 Å². The van der Waals surface area contributed by atoms with Crippen molar-refractivity contribution >= 4 is 11.8 Å². The summed E-state index contributed by atoms with van der Waals surface area (Å²) in [4.78, 5) is 22.7. The van der Waals surface area contributed by atoms with Gasteiger partial charge in [-0.25, -0.2) is 0 Å². The van der Waals surface area contributed by atoms with Crippen molar-refractivity contribution in [3.05, 3.63) is 35.9 Å². The van der Waals surface area contributed by atoms with Crippen LogP contribution in [0.3, 0.4) is 0 Å². The fraction of sp³-hybridized carbons (Fsp3) is 0.273. The van der Waals surface area contributed by atoms with Crippen LogP contribution in [0.25, 0.3) is 0 Å². The van der Waals surface area contributed by atoms with Crippen molar-refractivity contribution in [2.24, 2.45) is 0 Å². The summed E-state index contributed by atoms with van der Waals surface area (Å²) in [5.74, 6) is -0.453. The maximum Gasteiger partial charge on any atom is 0.251 e. The summed E-state index contributed by atoms with van der Waals surface area (Å²) in [6.45, 7) is 1.64. The molecule has 0 aromatic heterocycles. The van der Waals surface area contributed by atoms with Gasteiger partial charge in [0.05, 0.1) is 0 Å². The van der Waals surface area contributed by atoms with Crippen molar-refractivity contribution in [2.45, 2.75) is 13.0 Å². The molecule has 0 heterocycles. The minimum atomic E-state index is -0.525. The molecular weight excluding hydrogens is 192 g/mol. The summed E-state index contributed by atoms with van der Waals surface area (Å²) in [5, 5.41) is 5.06. The minimum Gasteiger partial charge on any atom is -0.357 e. The molecule has 1 unspecified atom stereocenters. The molecule has 0 radical (unpaired) electrons. The van der Waals surface area contributed by atoms with Gasteiger partial charge in [-0.3, -0.25) is 9.59 Å². The summed E-state index contributed by atoms with van der Waals surface area (Å²) in [6, 6.07) is 8.26. The zero-order chi connectivity index (χ0) is 11.3. The maximum absolute atomic E-state index is 11.6. The van der Waals surface area contributed by atoms with E-state index in [0.717, 1.165) is 0 Å². The van der Waals surface area contributed by atoms with Gasteiger partial charge in [0.25, 0.3) is 5.91 Å². The summed E-state index contributed by atoms with van der Waals surface area (Å²) >= 11 is 0. The van der Waals surface area contributed by atoms with Gasteiger partial charge in [-0.05, 0) is 19.1 Å². The lowest BCUT2D eigenvalue weighted by Gasteiger charge is -2.11. The van der Waals surface area contributed by atoms with Crippen LogP contribution in [0, 0.1) is 0 Å². The Morgan fingerprint density at radius 2 is 1.80 bits per heavy atom. The van der Waals surface area contributed by atoms with Gasteiger partial charge < -0.3 is 10.6 Å². The molecule has 0 aliphatic rings. The first-order chi connectivity index (χ1) is 7.15. The van der Waals surface area contributed by atoms with Crippen LogP contribution in [0.5, 0.6) is 0 Å². The second-order valence-corrected chi connectivity index (χ2v) is 3.18. The Morgan fingerprint density at radius 1 is 1.20 bits per heavy atom. The number of carbonyl (C=O) groups excluding carboxylic acids is 2. The molecule has 1 atom stereocenters. The van der Waals surface area contributed by atoms with Crippen LogP contribution in [0.15, 0.2) is 30.3 Å². The molecule has 0 bridgehead atoms. The minimum absolute atomic E-state index is 0.209. The van der Waals surface area contributed by atoms with E-state index >= 15 is 0 Å². The lowest BCUT2D eigenvalue weighted by molar-refractivity contribution is -0.122. The van der Waals surface area contributed by atoms with Gasteiger partial charge in [-0.15, -0.1) is 0 Å². The number of rotatable bonds is 3. The smallest absolute Gasteiger partial charge is 0.251 e. The number of amides is 2. The number of hydrogen-bond acceptors (Lipinski definition) is 2. The van der Waals surface area contributed by atoms with E-state index in [1.54, 1.807) is 31.2 Å². The van der Waals surface area contributed by atoms with Gasteiger partial charge in [0.1, 0.15) is 6.04 Å². The molecule has 2 N–H and O–H groups in total. The third-order valence-corrected chi connectivity index (χ3v) is 2.02. The molecule has 0 saturated carbocycles. The van der Waals surface area contributed by atoms with Crippen LogP contribution < -0.4 is 10.6 Å². The Kier molecular flexibility index (Phi) is 3.85. The van der Waals surface area contributed by atoms with Crippen molar-refractivity contribution < 1.29 is 9.59 Å². The highest BCUT2D eigenvalue weighted by Gasteiger charge is 2.14. The van der Waals surface area contributed by atoms with Gasteiger partial charge >= 0.3 is 0 Å². The Balaban J connectivity index is 2.61. The van der Waals surface area contributed by atoms with Crippen LogP contribution in [-0.4, -0.2) is 24.9 Å². The highest BCUT2D eigenvalue weighted by Crippen LogP contribution is 1.98. The van der Waals surface area contributed by atoms with Crippen molar-refractivity contribution in [3.8, 4) is 0 Å². The fourth-order valence-electron chi connectivity index (χ4n) is 1.15. The Bertz CT molecular complexity index is 349. The SMILES string of the molecule is CNC(=O)C(C)NC(=O)c1ccccc1. The van der Waals surface area contributed by atoms with E-state index < -0.39 is 6.04 Å². The third kappa shape index (κ3) is 3.09. The van der Waals surface area contributed by atoms with Gasteiger partial charge in [-0.1, -0.05) is 18.2 Å². The third-order valence-electron chi connectivity index (χ3n) is 2.02. The zero-order valence-electron chi connectivity index (χ0n) is 8.78. The standard InChI is InChI=1S/C11H14N2O2/c1-8(10(14)12-2)13-11(15)9-6-4-3-5-7-9/h3-8H,1-2H3,(H,12,14)(H,13,15). The Morgan fingerprint density at radius 3 is 2.33 bits per heavy atom. The second kappa shape index (κ2) is 5.14. The van der Waals surface area contributed by atoms with Gasteiger partial charge in [0.15, 0.2) is 0 Å². The Hall–Kier alpha value is -1.84. The van der Waals surface area contributed by atoms with Crippen molar-refractivity contribution in [2.75, 3.05) is 7.05 Å². The summed E-state index contributed by atoms with van der Waals surface area (Å²) in [7, 11) is 1.54. The molecule has 0 aliphatic heterocycles. The summed E-state index contributed by atoms with van der Waals surface area (Å²) in [6.07, 6.45) is 0. The van der Waals surface area contributed by atoms with Gasteiger partial charge in [-0.2, -0.15) is 0 Å². The van der Waals surface area contributed by atoms with Crippen LogP contribution >= 0.6 is 0 Å². The van der Waals surface area contributed by atoms with Gasteiger partial charge in [0.2, 0.25) is 5.91 Å². The van der Waals surface area contributed by atoms with E-state index in [-0.39, 0.29) is 11.8 Å². The molecule has 0 aliphatic carbocycles. The monoisotopic (exact) mass is 206 g/mol. The van der Waals surface area contributed by atoms with Gasteiger partial charge in [0, 0.05) is 12.6 Å². The molecule has 4 heteroatoms. The average Bonchev–Trinajstić information content (AvgIpc) is 2.29. The van der Waals surface area contributed by atoms with E-state index in [0.29, 0.717) is 5.56 Å². The molecule has 0 spiro atoms. The first kappa shape index (κ1) is 11.2. The number of carbonyl (C=O) groups is 2. The fourth-order valence-corrected chi connectivity index (χ4v) is 1.15. The van der Waals surface area contributed by atoms with Crippen LogP contribution in [-0.2, 0) is 4.79 Å². The highest BCUT2D eigenvalue weighted by atomic mass is 16.2. The molecule has 1 aromatic rings. The van der Waals surface area contributed by atoms with Crippen molar-refractivity contribution in [3.63, 3.8) is 0 Å². The molecular formula is C11H14N2O2. The second-order valence-electron chi connectivity index (χ2n) is 3.18. The molecule has 0 fully saturated rings. The van der Waals surface area contributed by atoms with E-state index in [4.69, 9.17) is 0 Å². The molecule has 2 amide bonds. The largest absolute Gasteiger partial charge is 0.357 e. The first-order valence-electron chi connectivity index (χ1n) is 4.72. The average molecular weight is 206 g/mol. The summed E-state index contributed by atoms with van der Waals surface area (Å²) in [5.41, 5.74) is 0.549.